The third kappa shape index (κ3) is 2.40. The normalized spacial score (nSPS) is 21.1. The number of nitrogens with one attached hydrogen (secondary N) is 1. The lowest BCUT2D eigenvalue weighted by Gasteiger charge is -2.32. The van der Waals surface area contributed by atoms with Crippen LogP contribution in [0.4, 0.5) is 5.82 Å². The largest absolute Gasteiger partial charge is 0.355 e. The maximum Gasteiger partial charge on any atom is 0.267 e. The highest BCUT2D eigenvalue weighted by Crippen LogP contribution is 2.25. The first-order valence-electron chi connectivity index (χ1n) is 5.26. The number of piperidine rings is 1. The second kappa shape index (κ2) is 5.19. The van der Waals surface area contributed by atoms with Crippen molar-refractivity contribution in [3.05, 3.63) is 21.2 Å². The molecule has 2 heterocycles. The van der Waals surface area contributed by atoms with Gasteiger partial charge in [-0.25, -0.2) is 4.98 Å². The molecule has 1 saturated heterocycles. The van der Waals surface area contributed by atoms with E-state index in [9.17, 15) is 4.79 Å². The van der Waals surface area contributed by atoms with Gasteiger partial charge in [0.1, 0.15) is 10.3 Å². The summed E-state index contributed by atoms with van der Waals surface area (Å²) in [4.78, 5) is 20.3. The predicted molar refractivity (Wildman–Crippen MR) is 68.2 cm³/mol. The summed E-state index contributed by atoms with van der Waals surface area (Å²) in [7, 11) is 0. The van der Waals surface area contributed by atoms with Gasteiger partial charge in [-0.1, -0.05) is 0 Å². The summed E-state index contributed by atoms with van der Waals surface area (Å²) < 4.78 is 0.505. The SMILES string of the molecule is O=c1[nH]cnc(N2CCCC(CCl)C2)c1Br. The minimum Gasteiger partial charge on any atom is -0.355 e. The summed E-state index contributed by atoms with van der Waals surface area (Å²) in [5, 5.41) is 0. The van der Waals surface area contributed by atoms with Crippen LogP contribution in [0.3, 0.4) is 0 Å². The van der Waals surface area contributed by atoms with Crippen LogP contribution < -0.4 is 10.5 Å². The molecule has 4 nitrogen and oxygen atoms in total. The number of alkyl halides is 1. The van der Waals surface area contributed by atoms with Crippen molar-refractivity contribution >= 4 is 33.3 Å². The zero-order valence-corrected chi connectivity index (χ0v) is 11.1. The molecule has 1 aliphatic heterocycles. The van der Waals surface area contributed by atoms with Crippen LogP contribution in [-0.2, 0) is 0 Å². The van der Waals surface area contributed by atoms with Crippen molar-refractivity contribution in [2.75, 3.05) is 23.9 Å². The van der Waals surface area contributed by atoms with E-state index in [-0.39, 0.29) is 5.56 Å². The van der Waals surface area contributed by atoms with Gasteiger partial charge < -0.3 is 9.88 Å². The highest BCUT2D eigenvalue weighted by molar-refractivity contribution is 9.10. The van der Waals surface area contributed by atoms with E-state index in [1.165, 1.54) is 6.33 Å². The third-order valence-electron chi connectivity index (χ3n) is 2.81. The van der Waals surface area contributed by atoms with Crippen LogP contribution in [0.2, 0.25) is 0 Å². The van der Waals surface area contributed by atoms with E-state index >= 15 is 0 Å². The molecule has 1 N–H and O–H groups in total. The van der Waals surface area contributed by atoms with E-state index in [1.807, 2.05) is 0 Å². The topological polar surface area (TPSA) is 49.0 Å². The minimum atomic E-state index is -0.141. The average molecular weight is 307 g/mol. The molecule has 0 bridgehead atoms. The van der Waals surface area contributed by atoms with Gasteiger partial charge in [0.2, 0.25) is 0 Å². The molecule has 88 valence electrons. The van der Waals surface area contributed by atoms with Gasteiger partial charge in [-0.05, 0) is 34.7 Å². The fourth-order valence-electron chi connectivity index (χ4n) is 1.98. The van der Waals surface area contributed by atoms with Gasteiger partial charge in [-0.3, -0.25) is 4.79 Å². The van der Waals surface area contributed by atoms with Crippen molar-refractivity contribution in [1.29, 1.82) is 0 Å². The Kier molecular flexibility index (Phi) is 3.86. The Bertz CT molecular complexity index is 423. The molecule has 1 aliphatic rings. The van der Waals surface area contributed by atoms with Crippen LogP contribution in [0.5, 0.6) is 0 Å². The second-order valence-corrected chi connectivity index (χ2v) is 5.08. The zero-order chi connectivity index (χ0) is 11.5. The number of rotatable bonds is 2. The van der Waals surface area contributed by atoms with Crippen LogP contribution >= 0.6 is 27.5 Å². The molecule has 2 rings (SSSR count). The Labute approximate surface area is 107 Å². The maximum absolute atomic E-state index is 11.4. The molecule has 1 aromatic heterocycles. The lowest BCUT2D eigenvalue weighted by molar-refractivity contribution is 0.448. The lowest BCUT2D eigenvalue weighted by atomic mass is 10.0. The summed E-state index contributed by atoms with van der Waals surface area (Å²) in [5.74, 6) is 1.87. The number of hydrogen-bond donors (Lipinski definition) is 1. The van der Waals surface area contributed by atoms with Crippen molar-refractivity contribution in [2.45, 2.75) is 12.8 Å². The van der Waals surface area contributed by atoms with Crippen LogP contribution in [0.25, 0.3) is 0 Å². The summed E-state index contributed by atoms with van der Waals surface area (Å²) in [6, 6.07) is 0. The maximum atomic E-state index is 11.4. The van der Waals surface area contributed by atoms with Crippen molar-refractivity contribution < 1.29 is 0 Å². The van der Waals surface area contributed by atoms with E-state index in [0.717, 1.165) is 31.7 Å². The van der Waals surface area contributed by atoms with Crippen LogP contribution in [-0.4, -0.2) is 28.9 Å². The summed E-state index contributed by atoms with van der Waals surface area (Å²) in [6.07, 6.45) is 3.69. The van der Waals surface area contributed by atoms with E-state index in [2.05, 4.69) is 30.8 Å². The van der Waals surface area contributed by atoms with Gasteiger partial charge in [0.05, 0.1) is 6.33 Å². The van der Waals surface area contributed by atoms with Crippen LogP contribution in [0.15, 0.2) is 15.6 Å². The number of anilines is 1. The summed E-state index contributed by atoms with van der Waals surface area (Å²) >= 11 is 9.15. The molecule has 0 spiro atoms. The number of halogens is 2. The zero-order valence-electron chi connectivity index (χ0n) is 8.75. The summed E-state index contributed by atoms with van der Waals surface area (Å²) in [5.41, 5.74) is -0.141. The summed E-state index contributed by atoms with van der Waals surface area (Å²) in [6.45, 7) is 1.81. The molecule has 6 heteroatoms. The van der Waals surface area contributed by atoms with Crippen molar-refractivity contribution in [3.8, 4) is 0 Å². The smallest absolute Gasteiger partial charge is 0.267 e. The van der Waals surface area contributed by atoms with Crippen molar-refractivity contribution in [3.63, 3.8) is 0 Å². The van der Waals surface area contributed by atoms with Crippen molar-refractivity contribution in [1.82, 2.24) is 9.97 Å². The van der Waals surface area contributed by atoms with Gasteiger partial charge in [0, 0.05) is 19.0 Å². The Morgan fingerprint density at radius 2 is 2.50 bits per heavy atom. The molecule has 1 fully saturated rings. The fourth-order valence-corrected chi connectivity index (χ4v) is 2.70. The van der Waals surface area contributed by atoms with Gasteiger partial charge in [-0.15, -0.1) is 11.6 Å². The van der Waals surface area contributed by atoms with Gasteiger partial charge in [0.25, 0.3) is 5.56 Å². The van der Waals surface area contributed by atoms with Gasteiger partial charge >= 0.3 is 0 Å². The fraction of sp³-hybridized carbons (Fsp3) is 0.600. The lowest BCUT2D eigenvalue weighted by Crippen LogP contribution is -2.37. The highest BCUT2D eigenvalue weighted by Gasteiger charge is 2.22. The first kappa shape index (κ1) is 11.9. The molecular weight excluding hydrogens is 293 g/mol. The number of aromatic amines is 1. The standard InChI is InChI=1S/C10H13BrClN3O/c11-8-9(13-6-14-10(8)16)15-3-1-2-7(4-12)5-15/h6-7H,1-5H2,(H,13,14,16). The molecule has 1 atom stereocenters. The minimum absolute atomic E-state index is 0.141. The van der Waals surface area contributed by atoms with E-state index in [0.29, 0.717) is 16.3 Å². The molecule has 0 aliphatic carbocycles. The number of nitrogens with zero attached hydrogens (tertiary/aromatic N) is 2. The molecule has 1 unspecified atom stereocenters. The molecular formula is C10H13BrClN3O. The Morgan fingerprint density at radius 3 is 3.25 bits per heavy atom. The van der Waals surface area contributed by atoms with E-state index in [4.69, 9.17) is 11.6 Å². The third-order valence-corrected chi connectivity index (χ3v) is 3.97. The van der Waals surface area contributed by atoms with E-state index < -0.39 is 0 Å². The van der Waals surface area contributed by atoms with Gasteiger partial charge in [-0.2, -0.15) is 0 Å². The number of hydrogen-bond acceptors (Lipinski definition) is 3. The number of aromatic nitrogens is 2. The molecule has 0 amide bonds. The first-order chi connectivity index (χ1) is 7.72. The molecule has 0 saturated carbocycles. The molecule has 1 aromatic rings. The van der Waals surface area contributed by atoms with Gasteiger partial charge in [0.15, 0.2) is 0 Å². The molecule has 0 aromatic carbocycles. The Hall–Kier alpha value is -0.550. The van der Waals surface area contributed by atoms with Crippen molar-refractivity contribution in [2.24, 2.45) is 5.92 Å². The average Bonchev–Trinajstić information content (AvgIpc) is 2.33. The van der Waals surface area contributed by atoms with Crippen LogP contribution in [0.1, 0.15) is 12.8 Å². The highest BCUT2D eigenvalue weighted by atomic mass is 79.9. The second-order valence-electron chi connectivity index (χ2n) is 3.98. The Morgan fingerprint density at radius 1 is 1.69 bits per heavy atom. The first-order valence-corrected chi connectivity index (χ1v) is 6.59. The number of H-pyrrole nitrogens is 1. The van der Waals surface area contributed by atoms with Crippen LogP contribution in [0, 0.1) is 5.92 Å². The quantitative estimate of drug-likeness (QED) is 0.850. The molecule has 16 heavy (non-hydrogen) atoms. The monoisotopic (exact) mass is 305 g/mol. The molecule has 0 radical (unpaired) electrons. The Balaban J connectivity index is 2.23. The van der Waals surface area contributed by atoms with E-state index in [1.54, 1.807) is 0 Å². The predicted octanol–water partition coefficient (Wildman–Crippen LogP) is 1.99.